The highest BCUT2D eigenvalue weighted by atomic mass is 19.4. The summed E-state index contributed by atoms with van der Waals surface area (Å²) in [5, 5.41) is 10.2. The molecule has 26 heavy (non-hydrogen) atoms. The van der Waals surface area contributed by atoms with Gasteiger partial charge in [-0.05, 0) is 48.5 Å². The van der Waals surface area contributed by atoms with Gasteiger partial charge in [0.05, 0.1) is 18.4 Å². The molecule has 0 atom stereocenters. The fourth-order valence-corrected chi connectivity index (χ4v) is 1.95. The minimum Gasteiger partial charge on any atom is -0.506 e. The Bertz CT molecular complexity index is 838. The Balaban J connectivity index is 2.48. The molecule has 0 aromatic heterocycles. The third-order valence-electron chi connectivity index (χ3n) is 3.29. The van der Waals surface area contributed by atoms with Crippen LogP contribution in [0, 0.1) is 5.82 Å². The lowest BCUT2D eigenvalue weighted by atomic mass is 10.0. The number of allylic oxidation sites excluding steroid dienone is 1. The van der Waals surface area contributed by atoms with Gasteiger partial charge < -0.3 is 9.84 Å². The second-order valence-electron chi connectivity index (χ2n) is 5.05. The van der Waals surface area contributed by atoms with Gasteiger partial charge in [0.15, 0.2) is 0 Å². The second kappa shape index (κ2) is 7.81. The van der Waals surface area contributed by atoms with E-state index in [2.05, 4.69) is 4.99 Å². The molecule has 0 aliphatic rings. The first-order valence-electron chi connectivity index (χ1n) is 7.21. The first-order valence-corrected chi connectivity index (χ1v) is 7.21. The molecule has 2 aromatic carbocycles. The Kier molecular flexibility index (Phi) is 5.76. The lowest BCUT2D eigenvalue weighted by Gasteiger charge is -2.09. The SMILES string of the molecule is COc1ccc(C(O)=C(C=Nc2ccc(F)cc2)C(=O)C(F)(F)F)cc1. The zero-order valence-corrected chi connectivity index (χ0v) is 13.4. The molecule has 0 saturated heterocycles. The predicted molar refractivity (Wildman–Crippen MR) is 88.2 cm³/mol. The highest BCUT2D eigenvalue weighted by Gasteiger charge is 2.41. The maximum atomic E-state index is 12.9. The minimum atomic E-state index is -5.20. The molecule has 0 unspecified atom stereocenters. The molecule has 136 valence electrons. The zero-order chi connectivity index (χ0) is 19.3. The summed E-state index contributed by atoms with van der Waals surface area (Å²) in [4.78, 5) is 15.4. The molecule has 0 fully saturated rings. The quantitative estimate of drug-likeness (QED) is 0.363. The number of methoxy groups -OCH3 is 1. The van der Waals surface area contributed by atoms with Gasteiger partial charge in [0, 0.05) is 11.8 Å². The first kappa shape index (κ1) is 19.2. The lowest BCUT2D eigenvalue weighted by Crippen LogP contribution is -2.26. The largest absolute Gasteiger partial charge is 0.506 e. The molecule has 0 amide bonds. The van der Waals surface area contributed by atoms with Crippen LogP contribution in [0.2, 0.25) is 0 Å². The number of aliphatic imine (C=N–C) groups is 1. The molecule has 0 heterocycles. The number of hydrogen-bond acceptors (Lipinski definition) is 4. The third-order valence-corrected chi connectivity index (χ3v) is 3.29. The molecule has 0 aliphatic carbocycles. The number of hydrogen-bond donors (Lipinski definition) is 1. The van der Waals surface area contributed by atoms with Gasteiger partial charge in [0.1, 0.15) is 17.3 Å². The predicted octanol–water partition coefficient (Wildman–Crippen LogP) is 4.64. The van der Waals surface area contributed by atoms with E-state index in [9.17, 15) is 27.5 Å². The molecular formula is C18H13F4NO3. The zero-order valence-electron chi connectivity index (χ0n) is 13.4. The van der Waals surface area contributed by atoms with Crippen LogP contribution in [0.4, 0.5) is 23.2 Å². The molecule has 2 rings (SSSR count). The van der Waals surface area contributed by atoms with Gasteiger partial charge in [-0.15, -0.1) is 0 Å². The molecule has 0 aliphatic heterocycles. The standard InChI is InChI=1S/C18H13F4NO3/c1-26-14-8-2-11(3-9-14)16(24)15(17(25)18(20,21)22)10-23-13-6-4-12(19)5-7-13/h2-10,24H,1H3. The van der Waals surface area contributed by atoms with Gasteiger partial charge in [-0.1, -0.05) is 0 Å². The summed E-state index contributed by atoms with van der Waals surface area (Å²) >= 11 is 0. The minimum absolute atomic E-state index is 0.0241. The van der Waals surface area contributed by atoms with Crippen LogP contribution in [0.3, 0.4) is 0 Å². The lowest BCUT2D eigenvalue weighted by molar-refractivity contribution is -0.165. The highest BCUT2D eigenvalue weighted by Crippen LogP contribution is 2.26. The number of aliphatic hydroxyl groups is 1. The van der Waals surface area contributed by atoms with Crippen molar-refractivity contribution in [2.75, 3.05) is 7.11 Å². The van der Waals surface area contributed by atoms with E-state index in [1.54, 1.807) is 0 Å². The summed E-state index contributed by atoms with van der Waals surface area (Å²) < 4.78 is 56.3. The maximum absolute atomic E-state index is 12.9. The number of carbonyl (C=O) groups is 1. The normalized spacial score (nSPS) is 12.8. The van der Waals surface area contributed by atoms with Crippen molar-refractivity contribution in [2.24, 2.45) is 4.99 Å². The van der Waals surface area contributed by atoms with E-state index in [1.807, 2.05) is 0 Å². The molecule has 2 aromatic rings. The summed E-state index contributed by atoms with van der Waals surface area (Å²) in [6.45, 7) is 0. The molecule has 1 N–H and O–H groups in total. The number of ketones is 1. The van der Waals surface area contributed by atoms with Crippen LogP contribution < -0.4 is 4.74 Å². The van der Waals surface area contributed by atoms with Gasteiger partial charge >= 0.3 is 6.18 Å². The number of nitrogens with zero attached hydrogens (tertiary/aromatic N) is 1. The Morgan fingerprint density at radius 1 is 1.08 bits per heavy atom. The van der Waals surface area contributed by atoms with Crippen molar-refractivity contribution in [3.05, 3.63) is 65.5 Å². The Hall–Kier alpha value is -3.16. The molecule has 0 radical (unpaired) electrons. The summed E-state index contributed by atoms with van der Waals surface area (Å²) in [6.07, 6.45) is -4.60. The number of benzene rings is 2. The summed E-state index contributed by atoms with van der Waals surface area (Å²) in [6, 6.07) is 9.97. The molecule has 0 saturated carbocycles. The van der Waals surface area contributed by atoms with Crippen molar-refractivity contribution < 1.29 is 32.2 Å². The van der Waals surface area contributed by atoms with Crippen LogP contribution in [-0.2, 0) is 4.79 Å². The van der Waals surface area contributed by atoms with Gasteiger partial charge in [-0.3, -0.25) is 9.79 Å². The molecular weight excluding hydrogens is 354 g/mol. The van der Waals surface area contributed by atoms with E-state index < -0.39 is 29.1 Å². The summed E-state index contributed by atoms with van der Waals surface area (Å²) in [5.74, 6) is -3.27. The van der Waals surface area contributed by atoms with Gasteiger partial charge in [-0.25, -0.2) is 4.39 Å². The molecule has 0 bridgehead atoms. The van der Waals surface area contributed by atoms with E-state index in [-0.39, 0.29) is 11.3 Å². The second-order valence-corrected chi connectivity index (χ2v) is 5.05. The van der Waals surface area contributed by atoms with E-state index in [4.69, 9.17) is 4.74 Å². The van der Waals surface area contributed by atoms with Gasteiger partial charge in [0.2, 0.25) is 0 Å². The van der Waals surface area contributed by atoms with Crippen LogP contribution in [0.15, 0.2) is 59.1 Å². The van der Waals surface area contributed by atoms with Crippen LogP contribution in [0.5, 0.6) is 5.75 Å². The van der Waals surface area contributed by atoms with Gasteiger partial charge in [-0.2, -0.15) is 13.2 Å². The fourth-order valence-electron chi connectivity index (χ4n) is 1.95. The first-order chi connectivity index (χ1) is 12.2. The number of alkyl halides is 3. The van der Waals surface area contributed by atoms with Crippen molar-refractivity contribution in [1.82, 2.24) is 0 Å². The van der Waals surface area contributed by atoms with Crippen molar-refractivity contribution in [3.63, 3.8) is 0 Å². The van der Waals surface area contributed by atoms with E-state index in [0.717, 1.165) is 12.1 Å². The molecule has 8 heteroatoms. The number of rotatable bonds is 5. The van der Waals surface area contributed by atoms with Gasteiger partial charge in [0.25, 0.3) is 5.78 Å². The number of Topliss-reactive ketones (excluding diaryl/α,β-unsaturated/α-hetero) is 1. The smallest absolute Gasteiger partial charge is 0.455 e. The van der Waals surface area contributed by atoms with Crippen LogP contribution >= 0.6 is 0 Å². The van der Waals surface area contributed by atoms with Crippen molar-refractivity contribution in [3.8, 4) is 5.75 Å². The van der Waals surface area contributed by atoms with E-state index in [0.29, 0.717) is 12.0 Å². The fraction of sp³-hybridized carbons (Fsp3) is 0.111. The number of ether oxygens (including phenoxy) is 1. The van der Waals surface area contributed by atoms with E-state index in [1.165, 1.54) is 43.5 Å². The molecule has 0 spiro atoms. The average molecular weight is 367 g/mol. The maximum Gasteiger partial charge on any atom is 0.455 e. The number of carbonyl (C=O) groups excluding carboxylic acids is 1. The van der Waals surface area contributed by atoms with Crippen molar-refractivity contribution in [2.45, 2.75) is 6.18 Å². The van der Waals surface area contributed by atoms with Crippen molar-refractivity contribution >= 4 is 23.4 Å². The topological polar surface area (TPSA) is 58.9 Å². The number of aliphatic hydroxyl groups excluding tert-OH is 1. The van der Waals surface area contributed by atoms with Crippen LogP contribution in [-0.4, -0.2) is 30.4 Å². The van der Waals surface area contributed by atoms with Crippen molar-refractivity contribution in [1.29, 1.82) is 0 Å². The average Bonchev–Trinajstić information content (AvgIpc) is 2.62. The van der Waals surface area contributed by atoms with Crippen LogP contribution in [0.1, 0.15) is 5.56 Å². The molecule has 4 nitrogen and oxygen atoms in total. The Labute approximate surface area is 146 Å². The number of halogens is 4. The summed E-state index contributed by atoms with van der Waals surface area (Å²) in [7, 11) is 1.40. The third kappa shape index (κ3) is 4.69. The van der Waals surface area contributed by atoms with Crippen LogP contribution in [0.25, 0.3) is 5.76 Å². The Morgan fingerprint density at radius 3 is 2.15 bits per heavy atom. The van der Waals surface area contributed by atoms with E-state index >= 15 is 0 Å². The Morgan fingerprint density at radius 2 is 1.65 bits per heavy atom. The highest BCUT2D eigenvalue weighted by molar-refractivity contribution is 6.20. The summed E-state index contributed by atoms with van der Waals surface area (Å²) in [5.41, 5.74) is -0.947. The monoisotopic (exact) mass is 367 g/mol.